The van der Waals surface area contributed by atoms with Crippen LogP contribution in [0.4, 0.5) is 0 Å². The average molecular weight is 438 g/mol. The number of ketones is 1. The Kier molecular flexibility index (Phi) is 5.23. The number of hydrogen-bond acceptors (Lipinski definition) is 5. The van der Waals surface area contributed by atoms with Crippen LogP contribution < -0.4 is 0 Å². The molecule has 1 aromatic rings. The van der Waals surface area contributed by atoms with Gasteiger partial charge >= 0.3 is 0 Å². The van der Waals surface area contributed by atoms with Gasteiger partial charge in [-0.2, -0.15) is 0 Å². The Morgan fingerprint density at radius 2 is 1.91 bits per heavy atom. The van der Waals surface area contributed by atoms with Crippen molar-refractivity contribution in [3.63, 3.8) is 0 Å². The van der Waals surface area contributed by atoms with Crippen molar-refractivity contribution < 1.29 is 19.7 Å². The highest BCUT2D eigenvalue weighted by molar-refractivity contribution is 5.92. The van der Waals surface area contributed by atoms with Crippen LogP contribution in [0.25, 0.3) is 0 Å². The molecule has 0 aromatic heterocycles. The minimum atomic E-state index is -0.953. The summed E-state index contributed by atoms with van der Waals surface area (Å²) in [6.45, 7) is 2.57. The maximum Gasteiger partial charge on any atom is 0.155 e. The summed E-state index contributed by atoms with van der Waals surface area (Å²) in [6, 6.07) is 8.11. The van der Waals surface area contributed by atoms with Crippen LogP contribution in [0.5, 0.6) is 0 Å². The Balaban J connectivity index is 1.63. The second-order valence-electron chi connectivity index (χ2n) is 10.9. The third-order valence-corrected chi connectivity index (χ3v) is 9.66. The second kappa shape index (κ2) is 7.61. The number of rotatable bonds is 4. The van der Waals surface area contributed by atoms with E-state index in [2.05, 4.69) is 19.1 Å². The summed E-state index contributed by atoms with van der Waals surface area (Å²) in [4.78, 5) is 12.2. The van der Waals surface area contributed by atoms with Crippen molar-refractivity contribution in [1.82, 2.24) is 0 Å². The highest BCUT2D eigenvalue weighted by Crippen LogP contribution is 2.68. The Bertz CT molecular complexity index is 955. The van der Waals surface area contributed by atoms with Crippen LogP contribution in [0.3, 0.4) is 0 Å². The van der Waals surface area contributed by atoms with Gasteiger partial charge in [0.1, 0.15) is 0 Å². The summed E-state index contributed by atoms with van der Waals surface area (Å²) >= 11 is 0. The molecule has 4 aliphatic rings. The molecule has 0 heterocycles. The normalized spacial score (nSPS) is 43.1. The number of fused-ring (bicyclic) bond motifs is 5. The SMILES string of the molecule is COC[C@]1(O)CCC2C3CCC4=CC(=O)CCC4(O)C3C(c3ccc(C=N)cc3)CC21C. The number of carbonyl (C=O) groups excluding carboxylic acids is 1. The zero-order valence-electron chi connectivity index (χ0n) is 19.1. The molecule has 0 bridgehead atoms. The van der Waals surface area contributed by atoms with E-state index in [9.17, 15) is 15.0 Å². The third kappa shape index (κ3) is 3.01. The summed E-state index contributed by atoms with van der Waals surface area (Å²) in [5, 5.41) is 31.4. The van der Waals surface area contributed by atoms with Crippen LogP contribution in [0.15, 0.2) is 35.9 Å². The lowest BCUT2D eigenvalue weighted by atomic mass is 9.45. The standard InChI is InChI=1S/C27H35NO4/c1-25-14-22(18-5-3-17(15-28)4-6-18)24-21(23(25)10-11-26(25,30)16-32-2)8-7-19-13-20(29)9-12-27(19,24)31/h3-6,13,15,21-24,28,30-31H,7-12,14,16H2,1-2H3/t21?,22?,23?,24?,25?,26-,27?/m1/s1. The molecule has 6 unspecified atom stereocenters. The molecule has 32 heavy (non-hydrogen) atoms. The van der Waals surface area contributed by atoms with Crippen LogP contribution in [-0.2, 0) is 9.53 Å². The van der Waals surface area contributed by atoms with E-state index in [1.807, 2.05) is 12.1 Å². The van der Waals surface area contributed by atoms with Crippen molar-refractivity contribution in [1.29, 1.82) is 5.41 Å². The van der Waals surface area contributed by atoms with Gasteiger partial charge in [0.15, 0.2) is 5.78 Å². The van der Waals surface area contributed by atoms with Crippen molar-refractivity contribution in [2.24, 2.45) is 23.2 Å². The minimum Gasteiger partial charge on any atom is -0.387 e. The zero-order chi connectivity index (χ0) is 22.7. The lowest BCUT2D eigenvalue weighted by Crippen LogP contribution is -2.61. The number of carbonyl (C=O) groups is 1. The van der Waals surface area contributed by atoms with E-state index in [0.29, 0.717) is 31.3 Å². The van der Waals surface area contributed by atoms with Crippen LogP contribution in [-0.4, -0.2) is 47.1 Å². The summed E-state index contributed by atoms with van der Waals surface area (Å²) < 4.78 is 5.50. The number of nitrogens with one attached hydrogen (secondary N) is 1. The average Bonchev–Trinajstić information content (AvgIpc) is 3.04. The fourth-order valence-electron chi connectivity index (χ4n) is 8.07. The molecule has 3 fully saturated rings. The molecule has 0 radical (unpaired) electrons. The van der Waals surface area contributed by atoms with Gasteiger partial charge in [-0.15, -0.1) is 0 Å². The summed E-state index contributed by atoms with van der Waals surface area (Å²) in [5.74, 6) is 0.857. The lowest BCUT2D eigenvalue weighted by molar-refractivity contribution is -0.172. The zero-order valence-corrected chi connectivity index (χ0v) is 19.1. The van der Waals surface area contributed by atoms with Crippen molar-refractivity contribution in [3.05, 3.63) is 47.0 Å². The number of hydrogen-bond donors (Lipinski definition) is 3. The van der Waals surface area contributed by atoms with Crippen LogP contribution in [0.1, 0.15) is 68.9 Å². The molecule has 5 heteroatoms. The number of aliphatic hydroxyl groups is 2. The smallest absolute Gasteiger partial charge is 0.155 e. The van der Waals surface area contributed by atoms with E-state index in [1.165, 1.54) is 6.21 Å². The first kappa shape index (κ1) is 22.0. The first-order valence-electron chi connectivity index (χ1n) is 12.0. The van der Waals surface area contributed by atoms with E-state index >= 15 is 0 Å². The van der Waals surface area contributed by atoms with Crippen LogP contribution in [0.2, 0.25) is 0 Å². The van der Waals surface area contributed by atoms with E-state index in [0.717, 1.165) is 48.8 Å². The highest BCUT2D eigenvalue weighted by atomic mass is 16.5. The maximum atomic E-state index is 12.2. The third-order valence-electron chi connectivity index (χ3n) is 9.66. The Hall–Kier alpha value is -1.82. The topological polar surface area (TPSA) is 90.6 Å². The van der Waals surface area contributed by atoms with Gasteiger partial charge in [0.2, 0.25) is 0 Å². The fourth-order valence-corrected chi connectivity index (χ4v) is 8.07. The largest absolute Gasteiger partial charge is 0.387 e. The molecule has 0 spiro atoms. The van der Waals surface area contributed by atoms with Crippen LogP contribution in [0, 0.1) is 28.6 Å². The molecule has 1 aromatic carbocycles. The van der Waals surface area contributed by atoms with E-state index in [-0.39, 0.29) is 23.0 Å². The Morgan fingerprint density at radius 3 is 2.59 bits per heavy atom. The van der Waals surface area contributed by atoms with Gasteiger partial charge in [-0.3, -0.25) is 4.79 Å². The molecule has 3 N–H and O–H groups in total. The quantitative estimate of drug-likeness (QED) is 0.621. The van der Waals surface area contributed by atoms with E-state index in [1.54, 1.807) is 13.2 Å². The maximum absolute atomic E-state index is 12.2. The number of ether oxygens (including phenoxy) is 1. The second-order valence-corrected chi connectivity index (χ2v) is 10.9. The van der Waals surface area contributed by atoms with Crippen molar-refractivity contribution in [3.8, 4) is 0 Å². The van der Waals surface area contributed by atoms with Gasteiger partial charge < -0.3 is 20.4 Å². The minimum absolute atomic E-state index is 0.0319. The molecule has 0 saturated heterocycles. The van der Waals surface area contributed by atoms with Gasteiger partial charge in [-0.1, -0.05) is 31.2 Å². The molecule has 5 rings (SSSR count). The van der Waals surface area contributed by atoms with Crippen LogP contribution >= 0.6 is 0 Å². The molecule has 172 valence electrons. The van der Waals surface area contributed by atoms with Crippen molar-refractivity contribution in [2.45, 2.75) is 69.0 Å². The van der Waals surface area contributed by atoms with Gasteiger partial charge in [-0.05, 0) is 79.1 Å². The molecule has 5 nitrogen and oxygen atoms in total. The van der Waals surface area contributed by atoms with Gasteiger partial charge in [0.05, 0.1) is 17.8 Å². The molecule has 0 aliphatic heterocycles. The Labute approximate surface area is 190 Å². The highest BCUT2D eigenvalue weighted by Gasteiger charge is 2.67. The Morgan fingerprint density at radius 1 is 1.16 bits per heavy atom. The summed E-state index contributed by atoms with van der Waals surface area (Å²) in [5.41, 5.74) is 0.815. The van der Waals surface area contributed by atoms with E-state index < -0.39 is 11.2 Å². The number of methoxy groups -OCH3 is 1. The monoisotopic (exact) mass is 437 g/mol. The predicted octanol–water partition coefficient (Wildman–Crippen LogP) is 4.01. The lowest BCUT2D eigenvalue weighted by Gasteiger charge is -2.61. The van der Waals surface area contributed by atoms with Gasteiger partial charge in [-0.25, -0.2) is 0 Å². The van der Waals surface area contributed by atoms with E-state index in [4.69, 9.17) is 10.1 Å². The molecular formula is C27H35NO4. The van der Waals surface area contributed by atoms with Gasteiger partial charge in [0, 0.05) is 31.1 Å². The number of benzene rings is 1. The molecule has 4 aliphatic carbocycles. The summed E-state index contributed by atoms with van der Waals surface area (Å²) in [7, 11) is 1.66. The predicted molar refractivity (Wildman–Crippen MR) is 123 cm³/mol. The molecule has 7 atom stereocenters. The fraction of sp³-hybridized carbons (Fsp3) is 0.630. The first-order chi connectivity index (χ1) is 15.3. The first-order valence-corrected chi connectivity index (χ1v) is 12.0. The van der Waals surface area contributed by atoms with Gasteiger partial charge in [0.25, 0.3) is 0 Å². The molecule has 3 saturated carbocycles. The van der Waals surface area contributed by atoms with Crippen molar-refractivity contribution >= 4 is 12.0 Å². The molecular weight excluding hydrogens is 402 g/mol. The molecule has 0 amide bonds. The van der Waals surface area contributed by atoms with Crippen molar-refractivity contribution in [2.75, 3.05) is 13.7 Å². The summed E-state index contributed by atoms with van der Waals surface area (Å²) in [6.07, 6.45) is 8.14.